The van der Waals surface area contributed by atoms with Crippen LogP contribution in [0.5, 0.6) is 0 Å². The van der Waals surface area contributed by atoms with Gasteiger partial charge < -0.3 is 4.74 Å². The molecule has 0 bridgehead atoms. The summed E-state index contributed by atoms with van der Waals surface area (Å²) in [6.07, 6.45) is -0.130. The van der Waals surface area contributed by atoms with Gasteiger partial charge in [0, 0.05) is 5.92 Å². The Hall–Kier alpha value is -2.14. The molecule has 2 aliphatic rings. The number of cyclic esters (lactones) is 1. The van der Waals surface area contributed by atoms with Gasteiger partial charge in [0.2, 0.25) is 0 Å². The van der Waals surface area contributed by atoms with Crippen molar-refractivity contribution < 1.29 is 17.9 Å². The van der Waals surface area contributed by atoms with Crippen molar-refractivity contribution in [3.63, 3.8) is 0 Å². The molecule has 2 fully saturated rings. The molecule has 1 saturated heterocycles. The van der Waals surface area contributed by atoms with Crippen LogP contribution in [0.3, 0.4) is 0 Å². The Balaban J connectivity index is 1.75. The van der Waals surface area contributed by atoms with Crippen LogP contribution < -0.4 is 0 Å². The number of rotatable bonds is 3. The van der Waals surface area contributed by atoms with Crippen LogP contribution in [0.4, 0.5) is 0 Å². The molecular formula is C17H14O4S. The number of ether oxygens (including phenoxy) is 1. The van der Waals surface area contributed by atoms with E-state index in [0.717, 1.165) is 5.56 Å². The smallest absolute Gasteiger partial charge is 0.328 e. The van der Waals surface area contributed by atoms with Gasteiger partial charge in [0.25, 0.3) is 0 Å². The van der Waals surface area contributed by atoms with Gasteiger partial charge in [-0.15, -0.1) is 0 Å². The lowest BCUT2D eigenvalue weighted by atomic mass is 10.1. The van der Waals surface area contributed by atoms with E-state index in [1.807, 2.05) is 30.3 Å². The summed E-state index contributed by atoms with van der Waals surface area (Å²) in [5.41, 5.74) is 0.850. The van der Waals surface area contributed by atoms with E-state index in [2.05, 4.69) is 0 Å². The van der Waals surface area contributed by atoms with Crippen LogP contribution in [0, 0.1) is 5.92 Å². The van der Waals surface area contributed by atoms with E-state index in [1.165, 1.54) is 12.1 Å². The molecule has 3 atom stereocenters. The molecule has 0 unspecified atom stereocenters. The minimum Gasteiger partial charge on any atom is -0.456 e. The van der Waals surface area contributed by atoms with Crippen LogP contribution in [-0.4, -0.2) is 19.1 Å². The number of hydrogen-bond acceptors (Lipinski definition) is 4. The van der Waals surface area contributed by atoms with E-state index in [9.17, 15) is 13.2 Å². The predicted octanol–water partition coefficient (Wildman–Crippen LogP) is 2.52. The van der Waals surface area contributed by atoms with Crippen molar-refractivity contribution in [3.8, 4) is 0 Å². The normalized spacial score (nSPS) is 29.7. The third-order valence-electron chi connectivity index (χ3n) is 4.57. The lowest BCUT2D eigenvalue weighted by molar-refractivity contribution is -0.144. The lowest BCUT2D eigenvalue weighted by Gasteiger charge is -2.12. The maximum absolute atomic E-state index is 12.9. The van der Waals surface area contributed by atoms with Gasteiger partial charge >= 0.3 is 5.97 Å². The number of carbonyl (C=O) groups is 1. The van der Waals surface area contributed by atoms with Gasteiger partial charge in [0.15, 0.2) is 14.6 Å². The fourth-order valence-electron chi connectivity index (χ4n) is 3.32. The molecule has 4 nitrogen and oxygen atoms in total. The Kier molecular flexibility index (Phi) is 2.72. The number of sulfone groups is 1. The van der Waals surface area contributed by atoms with Gasteiger partial charge in [-0.3, -0.25) is 4.79 Å². The maximum Gasteiger partial charge on any atom is 0.328 e. The topological polar surface area (TPSA) is 60.4 Å². The summed E-state index contributed by atoms with van der Waals surface area (Å²) >= 11 is 0. The molecule has 1 heterocycles. The fraction of sp³-hybridized carbons (Fsp3) is 0.235. The molecule has 0 aromatic heterocycles. The number of esters is 1. The van der Waals surface area contributed by atoms with Gasteiger partial charge in [-0.25, -0.2) is 8.42 Å². The van der Waals surface area contributed by atoms with E-state index in [4.69, 9.17) is 4.74 Å². The average molecular weight is 314 g/mol. The molecule has 22 heavy (non-hydrogen) atoms. The average Bonchev–Trinajstić information content (AvgIpc) is 3.25. The highest BCUT2D eigenvalue weighted by atomic mass is 32.2. The summed E-state index contributed by atoms with van der Waals surface area (Å²) < 4.78 is 29.8. The van der Waals surface area contributed by atoms with Gasteiger partial charge in [-0.2, -0.15) is 0 Å². The second kappa shape index (κ2) is 4.43. The molecule has 1 aliphatic heterocycles. The van der Waals surface area contributed by atoms with Crippen molar-refractivity contribution >= 4 is 15.8 Å². The van der Waals surface area contributed by atoms with Crippen molar-refractivity contribution in [2.24, 2.45) is 5.92 Å². The summed E-state index contributed by atoms with van der Waals surface area (Å²) in [6.45, 7) is 0. The second-order valence-electron chi connectivity index (χ2n) is 5.75. The van der Waals surface area contributed by atoms with Crippen LogP contribution in [0.25, 0.3) is 0 Å². The van der Waals surface area contributed by atoms with Gasteiger partial charge in [-0.05, 0) is 24.1 Å². The molecule has 2 aromatic carbocycles. The monoisotopic (exact) mass is 314 g/mol. The molecule has 112 valence electrons. The first-order valence-corrected chi connectivity index (χ1v) is 8.61. The molecule has 0 spiro atoms. The van der Waals surface area contributed by atoms with Gasteiger partial charge in [-0.1, -0.05) is 48.5 Å². The number of benzene rings is 2. The van der Waals surface area contributed by atoms with Crippen molar-refractivity contribution in [2.75, 3.05) is 0 Å². The highest BCUT2D eigenvalue weighted by Gasteiger charge is 2.77. The summed E-state index contributed by atoms with van der Waals surface area (Å²) in [5, 5.41) is 0. The summed E-state index contributed by atoms with van der Waals surface area (Å²) in [7, 11) is -3.73. The fourth-order valence-corrected chi connectivity index (χ4v) is 5.45. The molecule has 5 heteroatoms. The Morgan fingerprint density at radius 3 is 2.14 bits per heavy atom. The molecule has 0 amide bonds. The van der Waals surface area contributed by atoms with E-state index in [0.29, 0.717) is 6.42 Å². The molecule has 0 N–H and O–H groups in total. The number of fused-ring (bicyclic) bond motifs is 1. The molecule has 4 rings (SSSR count). The zero-order valence-electron chi connectivity index (χ0n) is 11.7. The minimum absolute atomic E-state index is 0.183. The lowest BCUT2D eigenvalue weighted by Crippen LogP contribution is -2.31. The first-order valence-electron chi connectivity index (χ1n) is 7.13. The summed E-state index contributed by atoms with van der Waals surface area (Å²) in [5.74, 6) is -0.914. The molecule has 0 radical (unpaired) electrons. The van der Waals surface area contributed by atoms with E-state index >= 15 is 0 Å². The largest absolute Gasteiger partial charge is 0.456 e. The first kappa shape index (κ1) is 13.5. The van der Waals surface area contributed by atoms with E-state index < -0.39 is 26.7 Å². The maximum atomic E-state index is 12.9. The van der Waals surface area contributed by atoms with Crippen molar-refractivity contribution in [3.05, 3.63) is 66.2 Å². The minimum atomic E-state index is -3.73. The highest BCUT2D eigenvalue weighted by Crippen LogP contribution is 2.64. The molecular weight excluding hydrogens is 300 g/mol. The third-order valence-corrected chi connectivity index (χ3v) is 7.06. The van der Waals surface area contributed by atoms with Crippen LogP contribution in [0.15, 0.2) is 65.6 Å². The molecule has 1 aliphatic carbocycles. The standard InChI is InChI=1S/C17H14O4S/c18-16-17(22(19,20)13-9-5-2-6-10-13)11-14(17)15(21-16)12-7-3-1-4-8-12/h1-10,14-15H,11H2/t14-,15+,17+/m0/s1. The Morgan fingerprint density at radius 1 is 0.955 bits per heavy atom. The molecule has 2 aromatic rings. The van der Waals surface area contributed by atoms with Crippen LogP contribution in [0.2, 0.25) is 0 Å². The summed E-state index contributed by atoms with van der Waals surface area (Å²) in [4.78, 5) is 12.5. The van der Waals surface area contributed by atoms with Crippen molar-refractivity contribution in [1.29, 1.82) is 0 Å². The Labute approximate surface area is 128 Å². The molecule has 1 saturated carbocycles. The quantitative estimate of drug-likeness (QED) is 0.817. The van der Waals surface area contributed by atoms with Crippen LogP contribution >= 0.6 is 0 Å². The third kappa shape index (κ3) is 1.63. The number of carbonyl (C=O) groups excluding carboxylic acids is 1. The van der Waals surface area contributed by atoms with E-state index in [-0.39, 0.29) is 10.8 Å². The summed E-state index contributed by atoms with van der Waals surface area (Å²) in [6, 6.07) is 17.5. The first-order chi connectivity index (χ1) is 10.6. The van der Waals surface area contributed by atoms with Gasteiger partial charge in [0.05, 0.1) is 4.90 Å². The zero-order valence-corrected chi connectivity index (χ0v) is 12.5. The van der Waals surface area contributed by atoms with E-state index in [1.54, 1.807) is 18.2 Å². The zero-order chi connectivity index (χ0) is 15.4. The van der Waals surface area contributed by atoms with Crippen molar-refractivity contribution in [1.82, 2.24) is 0 Å². The highest BCUT2D eigenvalue weighted by molar-refractivity contribution is 7.94. The Morgan fingerprint density at radius 2 is 1.55 bits per heavy atom. The number of hydrogen-bond donors (Lipinski definition) is 0. The second-order valence-corrected chi connectivity index (χ2v) is 7.96. The Bertz CT molecular complexity index is 829. The SMILES string of the molecule is O=C1O[C@H](c2ccccc2)[C@@H]2C[C@]12S(=O)(=O)c1ccccc1. The van der Waals surface area contributed by atoms with Crippen LogP contribution in [0.1, 0.15) is 18.1 Å². The van der Waals surface area contributed by atoms with Crippen LogP contribution in [-0.2, 0) is 19.4 Å². The predicted molar refractivity (Wildman–Crippen MR) is 79.7 cm³/mol. The van der Waals surface area contributed by atoms with Gasteiger partial charge in [0.1, 0.15) is 6.10 Å². The van der Waals surface area contributed by atoms with Crippen molar-refractivity contribution in [2.45, 2.75) is 22.2 Å².